The van der Waals surface area contributed by atoms with Gasteiger partial charge in [-0.25, -0.2) is 0 Å². The van der Waals surface area contributed by atoms with Gasteiger partial charge in [-0.1, -0.05) is 17.7 Å². The second-order valence-corrected chi connectivity index (χ2v) is 4.87. The molecule has 4 nitrogen and oxygen atoms in total. The lowest BCUT2D eigenvalue weighted by Crippen LogP contribution is -2.23. The Bertz CT molecular complexity index is 669. The summed E-state index contributed by atoms with van der Waals surface area (Å²) in [5.74, 6) is -0.116. The molecule has 0 saturated carbocycles. The second kappa shape index (κ2) is 5.05. The maximum absolute atomic E-state index is 12.0. The van der Waals surface area contributed by atoms with Crippen molar-refractivity contribution in [1.82, 2.24) is 9.78 Å². The van der Waals surface area contributed by atoms with Crippen LogP contribution in [0.1, 0.15) is 22.4 Å². The zero-order valence-electron chi connectivity index (χ0n) is 11.1. The summed E-state index contributed by atoms with van der Waals surface area (Å²) in [5, 5.41) is 13.7. The SMILES string of the molecule is Cc1cc(C)c(-n2nc(CCl)c(O)cc2=O)c(C)c1. The van der Waals surface area contributed by atoms with Crippen LogP contribution in [-0.4, -0.2) is 14.9 Å². The fourth-order valence-corrected chi connectivity index (χ4v) is 2.43. The predicted octanol–water partition coefficient (Wildman–Crippen LogP) is 2.60. The Morgan fingerprint density at radius 2 is 1.79 bits per heavy atom. The van der Waals surface area contributed by atoms with Gasteiger partial charge in [-0.3, -0.25) is 4.79 Å². The summed E-state index contributed by atoms with van der Waals surface area (Å²) in [7, 11) is 0. The van der Waals surface area contributed by atoms with Crippen molar-refractivity contribution in [3.63, 3.8) is 0 Å². The minimum atomic E-state index is -0.374. The molecule has 1 aromatic heterocycles. The number of rotatable bonds is 2. The molecule has 0 unspecified atom stereocenters. The lowest BCUT2D eigenvalue weighted by atomic mass is 10.1. The van der Waals surface area contributed by atoms with Crippen molar-refractivity contribution in [2.24, 2.45) is 0 Å². The number of hydrogen-bond acceptors (Lipinski definition) is 3. The van der Waals surface area contributed by atoms with Gasteiger partial charge in [0.1, 0.15) is 11.4 Å². The van der Waals surface area contributed by atoms with E-state index >= 15 is 0 Å². The third kappa shape index (κ3) is 2.49. The van der Waals surface area contributed by atoms with Crippen LogP contribution in [-0.2, 0) is 5.88 Å². The molecule has 0 spiro atoms. The van der Waals surface area contributed by atoms with Gasteiger partial charge in [0.2, 0.25) is 0 Å². The number of aromatic hydroxyl groups is 1. The van der Waals surface area contributed by atoms with Crippen LogP contribution < -0.4 is 5.56 Å². The lowest BCUT2D eigenvalue weighted by Gasteiger charge is -2.13. The summed E-state index contributed by atoms with van der Waals surface area (Å²) in [6.07, 6.45) is 0. The Kier molecular flexibility index (Phi) is 3.62. The van der Waals surface area contributed by atoms with E-state index in [9.17, 15) is 9.90 Å². The molecular weight excluding hydrogens is 264 g/mol. The molecule has 0 fully saturated rings. The number of benzene rings is 1. The van der Waals surface area contributed by atoms with Crippen molar-refractivity contribution >= 4 is 11.6 Å². The molecule has 2 rings (SSSR count). The van der Waals surface area contributed by atoms with Crippen molar-refractivity contribution in [2.75, 3.05) is 0 Å². The third-order valence-corrected chi connectivity index (χ3v) is 3.21. The lowest BCUT2D eigenvalue weighted by molar-refractivity contribution is 0.460. The summed E-state index contributed by atoms with van der Waals surface area (Å²) in [6, 6.07) is 5.12. The number of aryl methyl sites for hydroxylation is 3. The largest absolute Gasteiger partial charge is 0.506 e. The monoisotopic (exact) mass is 278 g/mol. The number of hydrogen-bond donors (Lipinski definition) is 1. The molecule has 5 heteroatoms. The fourth-order valence-electron chi connectivity index (χ4n) is 2.24. The molecular formula is C14H15ClN2O2. The zero-order valence-corrected chi connectivity index (χ0v) is 11.8. The maximum Gasteiger partial charge on any atom is 0.275 e. The van der Waals surface area contributed by atoms with Gasteiger partial charge in [0.25, 0.3) is 5.56 Å². The summed E-state index contributed by atoms with van der Waals surface area (Å²) in [5.41, 5.74) is 3.70. The van der Waals surface area contributed by atoms with Crippen molar-refractivity contribution in [2.45, 2.75) is 26.7 Å². The van der Waals surface area contributed by atoms with Crippen molar-refractivity contribution in [3.8, 4) is 11.4 Å². The third-order valence-electron chi connectivity index (χ3n) is 2.96. The Morgan fingerprint density at radius 3 is 2.32 bits per heavy atom. The smallest absolute Gasteiger partial charge is 0.275 e. The van der Waals surface area contributed by atoms with Crippen molar-refractivity contribution < 1.29 is 5.11 Å². The number of alkyl halides is 1. The second-order valence-electron chi connectivity index (χ2n) is 4.61. The van der Waals surface area contributed by atoms with Crippen LogP contribution in [0.2, 0.25) is 0 Å². The first-order chi connectivity index (χ1) is 8.93. The van der Waals surface area contributed by atoms with Gasteiger partial charge in [-0.15, -0.1) is 11.6 Å². The topological polar surface area (TPSA) is 55.1 Å². The average molecular weight is 279 g/mol. The molecule has 0 radical (unpaired) electrons. The first-order valence-corrected chi connectivity index (χ1v) is 6.44. The molecule has 0 aliphatic rings. The highest BCUT2D eigenvalue weighted by molar-refractivity contribution is 6.17. The zero-order chi connectivity index (χ0) is 14.2. The highest BCUT2D eigenvalue weighted by atomic mass is 35.5. The fraction of sp³-hybridized carbons (Fsp3) is 0.286. The van der Waals surface area contributed by atoms with E-state index in [1.54, 1.807) is 0 Å². The van der Waals surface area contributed by atoms with Crippen LogP contribution in [0.25, 0.3) is 5.69 Å². The van der Waals surface area contributed by atoms with Crippen molar-refractivity contribution in [3.05, 3.63) is 50.9 Å². The van der Waals surface area contributed by atoms with Crippen molar-refractivity contribution in [1.29, 1.82) is 0 Å². The van der Waals surface area contributed by atoms with Crippen LogP contribution in [0.4, 0.5) is 0 Å². The predicted molar refractivity (Wildman–Crippen MR) is 75.3 cm³/mol. The average Bonchev–Trinajstić information content (AvgIpc) is 2.30. The quantitative estimate of drug-likeness (QED) is 0.859. The van der Waals surface area contributed by atoms with E-state index in [0.717, 1.165) is 28.4 Å². The van der Waals surface area contributed by atoms with Crippen LogP contribution in [0, 0.1) is 20.8 Å². The van der Waals surface area contributed by atoms with E-state index in [2.05, 4.69) is 5.10 Å². The van der Waals surface area contributed by atoms with Crippen LogP contribution >= 0.6 is 11.6 Å². The highest BCUT2D eigenvalue weighted by Crippen LogP contribution is 2.20. The van der Waals surface area contributed by atoms with Gasteiger partial charge in [0.05, 0.1) is 11.6 Å². The summed E-state index contributed by atoms with van der Waals surface area (Å²) in [4.78, 5) is 12.0. The molecule has 1 heterocycles. The minimum Gasteiger partial charge on any atom is -0.506 e. The normalized spacial score (nSPS) is 10.7. The summed E-state index contributed by atoms with van der Waals surface area (Å²) >= 11 is 5.71. The molecule has 0 atom stereocenters. The van der Waals surface area contributed by atoms with E-state index in [0.29, 0.717) is 5.69 Å². The van der Waals surface area contributed by atoms with E-state index in [1.165, 1.54) is 4.68 Å². The Labute approximate surface area is 116 Å². The summed E-state index contributed by atoms with van der Waals surface area (Å²) < 4.78 is 1.29. The minimum absolute atomic E-state index is 0.0517. The Morgan fingerprint density at radius 1 is 1.21 bits per heavy atom. The highest BCUT2D eigenvalue weighted by Gasteiger charge is 2.12. The van der Waals surface area contributed by atoms with Crippen LogP contribution in [0.3, 0.4) is 0 Å². The molecule has 0 saturated heterocycles. The number of nitrogens with zero attached hydrogens (tertiary/aromatic N) is 2. The van der Waals surface area contributed by atoms with Gasteiger partial charge >= 0.3 is 0 Å². The van der Waals surface area contributed by atoms with Gasteiger partial charge in [-0.05, 0) is 31.9 Å². The van der Waals surface area contributed by atoms with Gasteiger partial charge < -0.3 is 5.11 Å². The molecule has 1 N–H and O–H groups in total. The molecule has 2 aromatic rings. The van der Waals surface area contributed by atoms with Gasteiger partial charge in [0.15, 0.2) is 0 Å². The van der Waals surface area contributed by atoms with Gasteiger partial charge in [0, 0.05) is 6.07 Å². The van der Waals surface area contributed by atoms with Crippen LogP contribution in [0.15, 0.2) is 23.0 Å². The molecule has 100 valence electrons. The van der Waals surface area contributed by atoms with E-state index in [4.69, 9.17) is 11.6 Å². The molecule has 0 bridgehead atoms. The maximum atomic E-state index is 12.0. The van der Waals surface area contributed by atoms with E-state index in [-0.39, 0.29) is 17.2 Å². The first-order valence-electron chi connectivity index (χ1n) is 5.90. The number of aromatic nitrogens is 2. The molecule has 0 amide bonds. The van der Waals surface area contributed by atoms with E-state index in [1.807, 2.05) is 32.9 Å². The molecule has 0 aliphatic heterocycles. The molecule has 19 heavy (non-hydrogen) atoms. The standard InChI is InChI=1S/C14H15ClN2O2/c1-8-4-9(2)14(10(3)5-8)17-13(19)6-12(18)11(7-15)16-17/h4-6,18H,7H2,1-3H3. The van der Waals surface area contributed by atoms with Crippen LogP contribution in [0.5, 0.6) is 5.75 Å². The molecule has 1 aromatic carbocycles. The Hall–Kier alpha value is -1.81. The van der Waals surface area contributed by atoms with E-state index < -0.39 is 0 Å². The Balaban J connectivity index is 2.76. The summed E-state index contributed by atoms with van der Waals surface area (Å²) in [6.45, 7) is 5.86. The molecule has 0 aliphatic carbocycles. The number of halogens is 1. The van der Waals surface area contributed by atoms with Gasteiger partial charge in [-0.2, -0.15) is 9.78 Å². The first kappa shape index (κ1) is 13.6.